The fourth-order valence-corrected chi connectivity index (χ4v) is 2.44. The van der Waals surface area contributed by atoms with Crippen LogP contribution in [0.15, 0.2) is 12.1 Å². The molecule has 0 heterocycles. The lowest BCUT2D eigenvalue weighted by molar-refractivity contribution is -0.128. The zero-order valence-electron chi connectivity index (χ0n) is 14.2. The number of carbonyl (C=O) groups excluding carboxylic acids is 2. The maximum Gasteiger partial charge on any atom is 0.234 e. The summed E-state index contributed by atoms with van der Waals surface area (Å²) >= 11 is 0. The Kier molecular flexibility index (Phi) is 4.61. The second-order valence-corrected chi connectivity index (χ2v) is 7.70. The Bertz CT molecular complexity index is 558. The second kappa shape index (κ2) is 5.63. The first-order valence-electron chi connectivity index (χ1n) is 7.23. The molecule has 0 aliphatic heterocycles. The van der Waals surface area contributed by atoms with Crippen LogP contribution in [-0.2, 0) is 20.4 Å². The Labute approximate surface area is 131 Å². The Morgan fingerprint density at radius 2 is 1.23 bits per heavy atom. The van der Waals surface area contributed by atoms with E-state index in [9.17, 15) is 14.7 Å². The third-order valence-electron chi connectivity index (χ3n) is 3.65. The van der Waals surface area contributed by atoms with Crippen molar-refractivity contribution in [2.24, 2.45) is 11.5 Å². The summed E-state index contributed by atoms with van der Waals surface area (Å²) in [5, 5.41) is 10.6. The lowest BCUT2D eigenvalue weighted by Gasteiger charge is -2.29. The van der Waals surface area contributed by atoms with Crippen LogP contribution >= 0.6 is 0 Å². The van der Waals surface area contributed by atoms with Gasteiger partial charge in [0.05, 0.1) is 0 Å². The lowest BCUT2D eigenvalue weighted by atomic mass is 9.77. The van der Waals surface area contributed by atoms with Crippen molar-refractivity contribution in [1.82, 2.24) is 0 Å². The largest absolute Gasteiger partial charge is 0.507 e. The highest BCUT2D eigenvalue weighted by atomic mass is 16.3. The van der Waals surface area contributed by atoms with Gasteiger partial charge in [-0.1, -0.05) is 53.7 Å². The number of nitrogens with two attached hydrogens (primary N) is 2. The van der Waals surface area contributed by atoms with Crippen LogP contribution in [0.4, 0.5) is 0 Å². The highest BCUT2D eigenvalue weighted by Crippen LogP contribution is 2.41. The molecule has 0 aliphatic rings. The van der Waals surface area contributed by atoms with E-state index in [1.54, 1.807) is 12.1 Å². The third kappa shape index (κ3) is 3.59. The molecule has 5 heteroatoms. The number of aromatic hydroxyl groups is 1. The van der Waals surface area contributed by atoms with E-state index in [1.807, 2.05) is 41.5 Å². The van der Waals surface area contributed by atoms with Crippen molar-refractivity contribution in [3.63, 3.8) is 0 Å². The number of rotatable bonds is 3. The van der Waals surface area contributed by atoms with Crippen molar-refractivity contribution in [1.29, 1.82) is 0 Å². The summed E-state index contributed by atoms with van der Waals surface area (Å²) in [7, 11) is 0. The van der Waals surface area contributed by atoms with Crippen LogP contribution in [-0.4, -0.2) is 16.9 Å². The van der Waals surface area contributed by atoms with Crippen LogP contribution in [0.5, 0.6) is 5.75 Å². The summed E-state index contributed by atoms with van der Waals surface area (Å²) in [5.74, 6) is -2.62. The maximum absolute atomic E-state index is 11.6. The van der Waals surface area contributed by atoms with Gasteiger partial charge in [0.15, 0.2) is 0 Å². The van der Waals surface area contributed by atoms with Crippen molar-refractivity contribution in [2.45, 2.75) is 58.3 Å². The number of phenols is 1. The Hall–Kier alpha value is -2.04. The number of phenolic OH excluding ortho intramolecular Hbond substituents is 1. The predicted molar refractivity (Wildman–Crippen MR) is 86.6 cm³/mol. The molecular formula is C17H26N2O3. The van der Waals surface area contributed by atoms with Gasteiger partial charge in [-0.05, 0) is 27.5 Å². The van der Waals surface area contributed by atoms with Gasteiger partial charge in [0.2, 0.25) is 11.8 Å². The van der Waals surface area contributed by atoms with Crippen LogP contribution in [0, 0.1) is 0 Å². The van der Waals surface area contributed by atoms with Gasteiger partial charge in [-0.15, -0.1) is 0 Å². The molecule has 0 spiro atoms. The van der Waals surface area contributed by atoms with Gasteiger partial charge in [-0.25, -0.2) is 0 Å². The summed E-state index contributed by atoms with van der Waals surface area (Å²) in [6.07, 6.45) is 0. The SMILES string of the molecule is CC(C)(C)c1cc(C(C(N)=O)C(N)=O)cc(C(C)(C)C)c1O. The normalized spacial score (nSPS) is 12.5. The molecule has 0 radical (unpaired) electrons. The molecule has 1 aromatic rings. The van der Waals surface area contributed by atoms with E-state index in [0.29, 0.717) is 16.7 Å². The smallest absolute Gasteiger partial charge is 0.234 e. The van der Waals surface area contributed by atoms with Crippen LogP contribution in [0.1, 0.15) is 64.2 Å². The summed E-state index contributed by atoms with van der Waals surface area (Å²) in [4.78, 5) is 23.2. The standard InChI is InChI=1S/C17H26N2O3/c1-16(2,3)10-7-9(12(14(18)21)15(19)22)8-11(13(10)20)17(4,5)6/h7-8,12,20H,1-6H3,(H2,18,21)(H2,19,22). The van der Waals surface area contributed by atoms with E-state index in [1.165, 1.54) is 0 Å². The average molecular weight is 306 g/mol. The first kappa shape index (κ1) is 18.0. The molecule has 1 rings (SSSR count). The molecule has 0 unspecified atom stereocenters. The zero-order valence-corrected chi connectivity index (χ0v) is 14.2. The summed E-state index contributed by atoms with van der Waals surface area (Å²) < 4.78 is 0. The molecule has 0 aromatic heterocycles. The van der Waals surface area contributed by atoms with Crippen LogP contribution in [0.3, 0.4) is 0 Å². The number of carbonyl (C=O) groups is 2. The highest BCUT2D eigenvalue weighted by Gasteiger charge is 2.31. The van der Waals surface area contributed by atoms with Gasteiger partial charge in [0.1, 0.15) is 11.7 Å². The van der Waals surface area contributed by atoms with Crippen LogP contribution in [0.25, 0.3) is 0 Å². The molecule has 5 nitrogen and oxygen atoms in total. The lowest BCUT2D eigenvalue weighted by Crippen LogP contribution is -2.33. The molecule has 0 aliphatic carbocycles. The first-order valence-corrected chi connectivity index (χ1v) is 7.23. The van der Waals surface area contributed by atoms with Gasteiger partial charge in [-0.2, -0.15) is 0 Å². The van der Waals surface area contributed by atoms with E-state index in [4.69, 9.17) is 11.5 Å². The van der Waals surface area contributed by atoms with Gasteiger partial charge < -0.3 is 16.6 Å². The van der Waals surface area contributed by atoms with Crippen molar-refractivity contribution in [3.8, 4) is 5.75 Å². The number of benzene rings is 1. The Balaban J connectivity index is 3.75. The molecule has 0 saturated heterocycles. The minimum Gasteiger partial charge on any atom is -0.507 e. The predicted octanol–water partition coefficient (Wildman–Crippen LogP) is 2.04. The van der Waals surface area contributed by atoms with Gasteiger partial charge in [0.25, 0.3) is 0 Å². The van der Waals surface area contributed by atoms with Crippen molar-refractivity contribution >= 4 is 11.8 Å². The number of amides is 2. The minimum absolute atomic E-state index is 0.177. The van der Waals surface area contributed by atoms with Crippen LogP contribution < -0.4 is 11.5 Å². The van der Waals surface area contributed by atoms with E-state index in [-0.39, 0.29) is 16.6 Å². The Morgan fingerprint density at radius 1 is 0.909 bits per heavy atom. The van der Waals surface area contributed by atoms with Crippen molar-refractivity contribution in [2.75, 3.05) is 0 Å². The monoisotopic (exact) mass is 306 g/mol. The molecule has 2 amide bonds. The van der Waals surface area contributed by atoms with Crippen LogP contribution in [0.2, 0.25) is 0 Å². The summed E-state index contributed by atoms with van der Waals surface area (Å²) in [5.41, 5.74) is 11.7. The Morgan fingerprint density at radius 3 is 1.45 bits per heavy atom. The maximum atomic E-state index is 11.6. The molecular weight excluding hydrogens is 280 g/mol. The van der Waals surface area contributed by atoms with E-state index < -0.39 is 17.7 Å². The zero-order chi connectivity index (χ0) is 17.5. The van der Waals surface area contributed by atoms with E-state index in [0.717, 1.165) is 0 Å². The fourth-order valence-electron chi connectivity index (χ4n) is 2.44. The van der Waals surface area contributed by atoms with Gasteiger partial charge >= 0.3 is 0 Å². The van der Waals surface area contributed by atoms with Gasteiger partial charge in [0, 0.05) is 0 Å². The molecule has 0 saturated carbocycles. The first-order chi connectivity index (χ1) is 9.76. The molecule has 1 aromatic carbocycles. The van der Waals surface area contributed by atoms with E-state index in [2.05, 4.69) is 0 Å². The summed E-state index contributed by atoms with van der Waals surface area (Å²) in [6, 6.07) is 3.29. The molecule has 22 heavy (non-hydrogen) atoms. The number of primary amides is 2. The highest BCUT2D eigenvalue weighted by molar-refractivity contribution is 6.04. The number of hydrogen-bond acceptors (Lipinski definition) is 3. The quantitative estimate of drug-likeness (QED) is 0.744. The van der Waals surface area contributed by atoms with Gasteiger partial charge in [-0.3, -0.25) is 9.59 Å². The van der Waals surface area contributed by atoms with Crippen molar-refractivity contribution < 1.29 is 14.7 Å². The molecule has 122 valence electrons. The molecule has 0 bridgehead atoms. The third-order valence-corrected chi connectivity index (χ3v) is 3.65. The minimum atomic E-state index is -1.21. The summed E-state index contributed by atoms with van der Waals surface area (Å²) in [6.45, 7) is 11.7. The molecule has 5 N–H and O–H groups in total. The fraction of sp³-hybridized carbons (Fsp3) is 0.529. The molecule has 0 fully saturated rings. The second-order valence-electron chi connectivity index (χ2n) is 7.70. The topological polar surface area (TPSA) is 106 Å². The van der Waals surface area contributed by atoms with E-state index >= 15 is 0 Å². The van der Waals surface area contributed by atoms with Crippen molar-refractivity contribution in [3.05, 3.63) is 28.8 Å². The number of hydrogen-bond donors (Lipinski definition) is 3. The average Bonchev–Trinajstić information content (AvgIpc) is 2.26. The molecule has 0 atom stereocenters.